The molecule has 4 atom stereocenters. The summed E-state index contributed by atoms with van der Waals surface area (Å²) in [5.41, 5.74) is 2.19. The van der Waals surface area contributed by atoms with Crippen LogP contribution in [0, 0.1) is 0 Å². The van der Waals surface area contributed by atoms with Gasteiger partial charge in [-0.25, -0.2) is 15.0 Å². The minimum absolute atomic E-state index is 0.397. The number of fused-ring (bicyclic) bond motifs is 1. The Hall–Kier alpha value is -2.44. The van der Waals surface area contributed by atoms with Crippen molar-refractivity contribution in [1.82, 2.24) is 19.5 Å². The normalized spacial score (nSPS) is 22.7. The molecule has 0 aliphatic carbocycles. The van der Waals surface area contributed by atoms with E-state index < -0.39 is 31.1 Å². The van der Waals surface area contributed by atoms with Crippen LogP contribution in [0.15, 0.2) is 35.7 Å². The van der Waals surface area contributed by atoms with Crippen LogP contribution in [0.5, 0.6) is 5.75 Å². The number of hydrogen-bond donors (Lipinski definition) is 4. The predicted octanol–water partition coefficient (Wildman–Crippen LogP) is 1.60. The molecule has 0 saturated carbocycles. The van der Waals surface area contributed by atoms with Crippen molar-refractivity contribution in [2.45, 2.75) is 49.5 Å². The minimum atomic E-state index is -1.22. The van der Waals surface area contributed by atoms with E-state index in [9.17, 15) is 15.3 Å². The quantitative estimate of drug-likeness (QED) is 0.253. The molecule has 4 rings (SSSR count). The molecule has 4 N–H and O–H groups in total. The first-order chi connectivity index (χ1) is 16.0. The molecule has 10 nitrogen and oxygen atoms in total. The van der Waals surface area contributed by atoms with Gasteiger partial charge in [0.1, 0.15) is 24.1 Å². The average molecular weight is 476 g/mol. The molecule has 1 fully saturated rings. The van der Waals surface area contributed by atoms with Crippen molar-refractivity contribution >= 4 is 28.7 Å². The minimum Gasteiger partial charge on any atom is -0.497 e. The molecular formula is C22H29N5O5S. The van der Waals surface area contributed by atoms with Crippen LogP contribution >= 0.6 is 11.8 Å². The first-order valence-corrected chi connectivity index (χ1v) is 11.9. The van der Waals surface area contributed by atoms with E-state index in [1.165, 1.54) is 18.1 Å². The number of anilines is 1. The second kappa shape index (κ2) is 10.7. The summed E-state index contributed by atoms with van der Waals surface area (Å²) in [5.74, 6) is 2.27. The van der Waals surface area contributed by atoms with Crippen LogP contribution in [0.25, 0.3) is 11.2 Å². The first kappa shape index (κ1) is 23.7. The number of nitrogens with one attached hydrogen (secondary N) is 1. The molecule has 178 valence electrons. The molecule has 1 saturated heterocycles. The highest BCUT2D eigenvalue weighted by Crippen LogP contribution is 2.33. The summed E-state index contributed by atoms with van der Waals surface area (Å²) in [4.78, 5) is 13.7. The molecule has 3 heterocycles. The van der Waals surface area contributed by atoms with Crippen molar-refractivity contribution in [1.29, 1.82) is 0 Å². The van der Waals surface area contributed by atoms with Crippen LogP contribution in [0.1, 0.15) is 25.1 Å². The van der Waals surface area contributed by atoms with Gasteiger partial charge in [-0.05, 0) is 30.5 Å². The predicted molar refractivity (Wildman–Crippen MR) is 125 cm³/mol. The molecule has 11 heteroatoms. The van der Waals surface area contributed by atoms with Crippen LogP contribution < -0.4 is 10.1 Å². The summed E-state index contributed by atoms with van der Waals surface area (Å²) in [5, 5.41) is 34.0. The fourth-order valence-electron chi connectivity index (χ4n) is 3.69. The average Bonchev–Trinajstić information content (AvgIpc) is 3.38. The van der Waals surface area contributed by atoms with Gasteiger partial charge >= 0.3 is 0 Å². The lowest BCUT2D eigenvalue weighted by Gasteiger charge is -2.17. The van der Waals surface area contributed by atoms with Gasteiger partial charge in [0.25, 0.3) is 0 Å². The van der Waals surface area contributed by atoms with Crippen LogP contribution in [-0.4, -0.2) is 79.2 Å². The highest BCUT2D eigenvalue weighted by molar-refractivity contribution is 7.99. The largest absolute Gasteiger partial charge is 0.497 e. The van der Waals surface area contributed by atoms with E-state index in [2.05, 4.69) is 27.2 Å². The number of thioether (sulfide) groups is 1. The highest BCUT2D eigenvalue weighted by Gasteiger charge is 2.44. The number of benzene rings is 1. The number of methoxy groups -OCH3 is 1. The fourth-order valence-corrected chi connectivity index (χ4v) is 4.38. The topological polar surface area (TPSA) is 135 Å². The molecule has 1 aromatic carbocycles. The number of aliphatic hydroxyl groups excluding tert-OH is 3. The third kappa shape index (κ3) is 5.07. The Kier molecular flexibility index (Phi) is 7.66. The van der Waals surface area contributed by atoms with Gasteiger partial charge in [0.2, 0.25) is 0 Å². The maximum absolute atomic E-state index is 10.5. The summed E-state index contributed by atoms with van der Waals surface area (Å²) in [7, 11) is 1.64. The SMILES string of the molecule is CCCSc1nc(NCCc2ccc(OC)cc2)c2ncn([C@@H]3O[C@H](CO)[C@@H](O)[C@H]3O)c2n1. The lowest BCUT2D eigenvalue weighted by atomic mass is 10.1. The Morgan fingerprint density at radius 3 is 2.64 bits per heavy atom. The molecule has 0 unspecified atom stereocenters. The van der Waals surface area contributed by atoms with Crippen molar-refractivity contribution in [3.63, 3.8) is 0 Å². The Bertz CT molecular complexity index is 1060. The van der Waals surface area contributed by atoms with Crippen molar-refractivity contribution in [3.05, 3.63) is 36.2 Å². The number of ether oxygens (including phenoxy) is 2. The Labute approximate surface area is 196 Å². The van der Waals surface area contributed by atoms with E-state index in [4.69, 9.17) is 9.47 Å². The lowest BCUT2D eigenvalue weighted by molar-refractivity contribution is -0.0511. The second-order valence-corrected chi connectivity index (χ2v) is 8.84. The van der Waals surface area contributed by atoms with Gasteiger partial charge in [-0.1, -0.05) is 30.8 Å². The van der Waals surface area contributed by atoms with Gasteiger partial charge in [-0.2, -0.15) is 0 Å². The number of aliphatic hydroxyl groups is 3. The van der Waals surface area contributed by atoms with E-state index in [0.717, 1.165) is 29.9 Å². The zero-order valence-corrected chi connectivity index (χ0v) is 19.4. The maximum atomic E-state index is 10.5. The molecular weight excluding hydrogens is 446 g/mol. The van der Waals surface area contributed by atoms with Gasteiger partial charge in [0.05, 0.1) is 20.0 Å². The summed E-state index contributed by atoms with van der Waals surface area (Å²) in [6.45, 7) is 2.33. The van der Waals surface area contributed by atoms with Crippen LogP contribution in [-0.2, 0) is 11.2 Å². The molecule has 1 aliphatic heterocycles. The smallest absolute Gasteiger partial charge is 0.191 e. The molecule has 1 aliphatic rings. The number of imidazole rings is 1. The number of aromatic nitrogens is 4. The highest BCUT2D eigenvalue weighted by atomic mass is 32.2. The van der Waals surface area contributed by atoms with E-state index in [1.54, 1.807) is 11.7 Å². The summed E-state index contributed by atoms with van der Waals surface area (Å²) in [6.07, 6.45) is -0.928. The standard InChI is InChI=1S/C22H29N5O5S/c1-3-10-33-22-25-19(23-9-8-13-4-6-14(31-2)7-5-13)16-20(26-22)27(12-24-16)21-18(30)17(29)15(11-28)32-21/h4-7,12,15,17-18,21,28-30H,3,8-11H2,1-2H3,(H,23,25,26)/t15-,17-,18-,21-/m1/s1. The van der Waals surface area contributed by atoms with Gasteiger partial charge < -0.3 is 30.1 Å². The lowest BCUT2D eigenvalue weighted by Crippen LogP contribution is -2.33. The fraction of sp³-hybridized carbons (Fsp3) is 0.500. The monoisotopic (exact) mass is 475 g/mol. The molecule has 0 spiro atoms. The zero-order valence-electron chi connectivity index (χ0n) is 18.6. The van der Waals surface area contributed by atoms with Gasteiger partial charge in [0, 0.05) is 12.3 Å². The molecule has 0 bridgehead atoms. The maximum Gasteiger partial charge on any atom is 0.191 e. The van der Waals surface area contributed by atoms with Gasteiger partial charge in [-0.3, -0.25) is 4.57 Å². The van der Waals surface area contributed by atoms with Crippen molar-refractivity contribution < 1.29 is 24.8 Å². The third-order valence-corrected chi connectivity index (χ3v) is 6.55. The molecule has 0 radical (unpaired) electrons. The number of hydrogen-bond acceptors (Lipinski definition) is 10. The van der Waals surface area contributed by atoms with Gasteiger partial charge in [-0.15, -0.1) is 0 Å². The van der Waals surface area contributed by atoms with Crippen molar-refractivity contribution in [2.75, 3.05) is 31.3 Å². The van der Waals surface area contributed by atoms with E-state index in [1.807, 2.05) is 24.3 Å². The van der Waals surface area contributed by atoms with Crippen LogP contribution in [0.2, 0.25) is 0 Å². The summed E-state index contributed by atoms with van der Waals surface area (Å²) >= 11 is 1.53. The van der Waals surface area contributed by atoms with E-state index in [0.29, 0.717) is 28.7 Å². The summed E-state index contributed by atoms with van der Waals surface area (Å²) < 4.78 is 12.5. The second-order valence-electron chi connectivity index (χ2n) is 7.78. The Morgan fingerprint density at radius 1 is 1.18 bits per heavy atom. The zero-order chi connectivity index (χ0) is 23.4. The number of nitrogens with zero attached hydrogens (tertiary/aromatic N) is 4. The molecule has 2 aromatic heterocycles. The Morgan fingerprint density at radius 2 is 1.97 bits per heavy atom. The van der Waals surface area contributed by atoms with Gasteiger partial charge in [0.15, 0.2) is 28.4 Å². The number of rotatable bonds is 10. The molecule has 33 heavy (non-hydrogen) atoms. The van der Waals surface area contributed by atoms with Crippen LogP contribution in [0.4, 0.5) is 5.82 Å². The van der Waals surface area contributed by atoms with E-state index >= 15 is 0 Å². The van der Waals surface area contributed by atoms with Crippen LogP contribution in [0.3, 0.4) is 0 Å². The molecule has 3 aromatic rings. The van der Waals surface area contributed by atoms with Crippen molar-refractivity contribution in [3.8, 4) is 5.75 Å². The molecule has 0 amide bonds. The van der Waals surface area contributed by atoms with Crippen molar-refractivity contribution in [2.24, 2.45) is 0 Å². The third-order valence-electron chi connectivity index (χ3n) is 5.49. The first-order valence-electron chi connectivity index (χ1n) is 10.9. The summed E-state index contributed by atoms with van der Waals surface area (Å²) in [6, 6.07) is 7.91. The Balaban J connectivity index is 1.58. The van der Waals surface area contributed by atoms with E-state index in [-0.39, 0.29) is 0 Å².